The number of nitro groups is 2. The first-order chi connectivity index (χ1) is 7.12. The molecule has 0 aromatic heterocycles. The average molecular weight is 252 g/mol. The Hall–Kier alpha value is -0.970. The largest absolute Gasteiger partial charge is 0.457 e. The van der Waals surface area contributed by atoms with Gasteiger partial charge in [0.05, 0.1) is 9.85 Å². The fraction of sp³-hybridized carbons (Fsp3) is 1.00. The molecule has 0 atom stereocenters. The second-order valence-electron chi connectivity index (χ2n) is 4.28. The van der Waals surface area contributed by atoms with Crippen molar-refractivity contribution in [3.63, 3.8) is 0 Å². The first-order valence-corrected chi connectivity index (χ1v) is 7.01. The molecule has 0 saturated carbocycles. The highest BCUT2D eigenvalue weighted by molar-refractivity contribution is 7.65. The Morgan fingerprint density at radius 3 is 1.50 bits per heavy atom. The molecule has 8 heteroatoms. The summed E-state index contributed by atoms with van der Waals surface area (Å²) in [4.78, 5) is 19.1. The van der Waals surface area contributed by atoms with Crippen LogP contribution in [0.25, 0.3) is 0 Å². The van der Waals surface area contributed by atoms with Gasteiger partial charge in [0.15, 0.2) is 0 Å². The molecule has 7 nitrogen and oxygen atoms in total. The van der Waals surface area contributed by atoms with E-state index in [1.54, 1.807) is 27.7 Å². The summed E-state index contributed by atoms with van der Waals surface area (Å²) in [5.41, 5.74) is -0.565. The molecule has 0 aromatic carbocycles. The number of rotatable bonds is 6. The summed E-state index contributed by atoms with van der Waals surface area (Å²) in [7, 11) is -2.91. The van der Waals surface area contributed by atoms with E-state index in [1.165, 1.54) is 0 Å². The zero-order valence-corrected chi connectivity index (χ0v) is 10.7. The van der Waals surface area contributed by atoms with E-state index in [0.717, 1.165) is 0 Å². The molecule has 16 heavy (non-hydrogen) atoms. The molecule has 0 aliphatic carbocycles. The lowest BCUT2D eigenvalue weighted by molar-refractivity contribution is -0.736. The normalized spacial score (nSPS) is 12.4. The van der Waals surface area contributed by atoms with Crippen LogP contribution >= 0.6 is 7.14 Å². The van der Waals surface area contributed by atoms with Crippen molar-refractivity contribution < 1.29 is 14.4 Å². The van der Waals surface area contributed by atoms with E-state index in [-0.39, 0.29) is 11.3 Å². The summed E-state index contributed by atoms with van der Waals surface area (Å²) in [5.74, 6) is 0. The van der Waals surface area contributed by atoms with Gasteiger partial charge in [0.25, 0.3) is 0 Å². The lowest BCUT2D eigenvalue weighted by atomic mass is 10.5. The molecule has 94 valence electrons. The molecule has 0 radical (unpaired) electrons. The fourth-order valence-corrected chi connectivity index (χ4v) is 4.30. The molecule has 0 amide bonds. The second-order valence-corrected chi connectivity index (χ2v) is 8.41. The van der Waals surface area contributed by atoms with Gasteiger partial charge in [0, 0.05) is 11.3 Å². The van der Waals surface area contributed by atoms with Gasteiger partial charge in [-0.25, -0.2) is 0 Å². The van der Waals surface area contributed by atoms with Crippen LogP contribution in [0.3, 0.4) is 0 Å². The molecule has 0 aliphatic rings. The molecule has 0 unspecified atom stereocenters. The van der Waals surface area contributed by atoms with Crippen LogP contribution in [-0.4, -0.2) is 33.5 Å². The molecule has 0 N–H and O–H groups in total. The van der Waals surface area contributed by atoms with Gasteiger partial charge in [-0.05, 0) is 0 Å². The van der Waals surface area contributed by atoms with Gasteiger partial charge >= 0.3 is 6.17 Å². The SMILES string of the molecule is CC(C)P(=O)(CC([N+](=O)[O-])[N+](=O)[O-])C(C)C. The smallest absolute Gasteiger partial charge is 0.322 e. The van der Waals surface area contributed by atoms with Crippen molar-refractivity contribution in [3.8, 4) is 0 Å². The topological polar surface area (TPSA) is 103 Å². The van der Waals surface area contributed by atoms with Crippen molar-refractivity contribution in [2.24, 2.45) is 0 Å². The third-order valence-electron chi connectivity index (χ3n) is 2.68. The van der Waals surface area contributed by atoms with Crippen LogP contribution < -0.4 is 0 Å². The maximum absolute atomic E-state index is 12.4. The molecule has 0 spiro atoms. The van der Waals surface area contributed by atoms with Crippen molar-refractivity contribution in [1.29, 1.82) is 0 Å². The maximum atomic E-state index is 12.4. The standard InChI is InChI=1S/C8H17N2O5P/c1-6(2)16(15,7(3)4)5-8(9(11)12)10(13)14/h6-8H,5H2,1-4H3. The van der Waals surface area contributed by atoms with Gasteiger partial charge in [0.2, 0.25) is 0 Å². The Kier molecular flexibility index (Phi) is 5.06. The zero-order chi connectivity index (χ0) is 13.1. The first-order valence-electron chi connectivity index (χ1n) is 4.98. The molecule has 0 fully saturated rings. The van der Waals surface area contributed by atoms with Gasteiger partial charge in [-0.3, -0.25) is 20.2 Å². The zero-order valence-electron chi connectivity index (χ0n) is 9.82. The number of hydrogen-bond donors (Lipinski definition) is 0. The Morgan fingerprint density at radius 2 is 1.31 bits per heavy atom. The van der Waals surface area contributed by atoms with Gasteiger partial charge in [-0.1, -0.05) is 27.7 Å². The highest BCUT2D eigenvalue weighted by Gasteiger charge is 2.44. The summed E-state index contributed by atoms with van der Waals surface area (Å²) in [6.45, 7) is 6.71. The van der Waals surface area contributed by atoms with E-state index in [9.17, 15) is 24.8 Å². The van der Waals surface area contributed by atoms with Crippen molar-refractivity contribution >= 4 is 7.14 Å². The minimum absolute atomic E-state index is 0.283. The van der Waals surface area contributed by atoms with E-state index < -0.39 is 29.3 Å². The van der Waals surface area contributed by atoms with Crippen LogP contribution in [0, 0.1) is 20.2 Å². The second kappa shape index (κ2) is 5.39. The number of hydrogen-bond acceptors (Lipinski definition) is 5. The molecular formula is C8H17N2O5P. The molecule has 0 saturated heterocycles. The maximum Gasteiger partial charge on any atom is 0.457 e. The van der Waals surface area contributed by atoms with Crippen LogP contribution in [0.15, 0.2) is 0 Å². The molecule has 0 heterocycles. The van der Waals surface area contributed by atoms with Crippen LogP contribution in [-0.2, 0) is 4.57 Å². The molecular weight excluding hydrogens is 235 g/mol. The van der Waals surface area contributed by atoms with Gasteiger partial charge in [0.1, 0.15) is 13.3 Å². The number of nitrogens with zero attached hydrogens (tertiary/aromatic N) is 2. The first kappa shape index (κ1) is 15.0. The van der Waals surface area contributed by atoms with E-state index in [4.69, 9.17) is 0 Å². The molecule has 0 rings (SSSR count). The Balaban J connectivity index is 5.09. The van der Waals surface area contributed by atoms with Crippen molar-refractivity contribution in [2.75, 3.05) is 6.16 Å². The van der Waals surface area contributed by atoms with Crippen molar-refractivity contribution in [1.82, 2.24) is 0 Å². The lowest BCUT2D eigenvalue weighted by Crippen LogP contribution is -2.34. The van der Waals surface area contributed by atoms with Crippen LogP contribution in [0.2, 0.25) is 0 Å². The molecule has 0 aromatic rings. The summed E-state index contributed by atoms with van der Waals surface area (Å²) >= 11 is 0. The highest BCUT2D eigenvalue weighted by Crippen LogP contribution is 2.55. The molecule has 0 aliphatic heterocycles. The predicted octanol–water partition coefficient (Wildman–Crippen LogP) is 2.05. The minimum Gasteiger partial charge on any atom is -0.322 e. The Morgan fingerprint density at radius 1 is 1.00 bits per heavy atom. The van der Waals surface area contributed by atoms with E-state index in [1.807, 2.05) is 0 Å². The van der Waals surface area contributed by atoms with E-state index in [2.05, 4.69) is 0 Å². The van der Waals surface area contributed by atoms with Crippen LogP contribution in [0.4, 0.5) is 0 Å². The quantitative estimate of drug-likeness (QED) is 0.311. The van der Waals surface area contributed by atoms with Gasteiger partial charge in [-0.15, -0.1) is 0 Å². The third-order valence-corrected chi connectivity index (χ3v) is 7.08. The monoisotopic (exact) mass is 252 g/mol. The summed E-state index contributed by atoms with van der Waals surface area (Å²) < 4.78 is 12.4. The average Bonchev–Trinajstić information content (AvgIpc) is 2.11. The van der Waals surface area contributed by atoms with Crippen LogP contribution in [0.5, 0.6) is 0 Å². The van der Waals surface area contributed by atoms with Crippen molar-refractivity contribution in [2.45, 2.75) is 45.2 Å². The summed E-state index contributed by atoms with van der Waals surface area (Å²) in [6.07, 6.45) is -2.43. The third kappa shape index (κ3) is 3.27. The molecule has 0 bridgehead atoms. The lowest BCUT2D eigenvalue weighted by Gasteiger charge is -2.24. The van der Waals surface area contributed by atoms with Crippen LogP contribution in [0.1, 0.15) is 27.7 Å². The fourth-order valence-electron chi connectivity index (χ4n) is 1.48. The van der Waals surface area contributed by atoms with E-state index in [0.29, 0.717) is 0 Å². The van der Waals surface area contributed by atoms with Gasteiger partial charge < -0.3 is 4.57 Å². The van der Waals surface area contributed by atoms with Crippen molar-refractivity contribution in [3.05, 3.63) is 20.2 Å². The predicted molar refractivity (Wildman–Crippen MR) is 60.5 cm³/mol. The Labute approximate surface area is 93.9 Å². The summed E-state index contributed by atoms with van der Waals surface area (Å²) in [6, 6.07) is 0. The minimum atomic E-state index is -2.91. The Bertz CT molecular complexity index is 302. The summed E-state index contributed by atoms with van der Waals surface area (Å²) in [5, 5.41) is 21.0. The highest BCUT2D eigenvalue weighted by atomic mass is 31.2. The van der Waals surface area contributed by atoms with E-state index >= 15 is 0 Å². The van der Waals surface area contributed by atoms with Gasteiger partial charge in [-0.2, -0.15) is 0 Å².